The molecule has 0 bridgehead atoms. The second kappa shape index (κ2) is 10.9. The van der Waals surface area contributed by atoms with Crippen molar-refractivity contribution in [3.63, 3.8) is 0 Å². The molecule has 0 radical (unpaired) electrons. The number of fused-ring (bicyclic) bond motifs is 4. The average molecular weight is 759 g/mol. The van der Waals surface area contributed by atoms with Crippen LogP contribution in [0, 0.1) is 0 Å². The van der Waals surface area contributed by atoms with Gasteiger partial charge in [-0.1, -0.05) is 143 Å². The summed E-state index contributed by atoms with van der Waals surface area (Å²) in [4.78, 5) is 4.87. The van der Waals surface area contributed by atoms with E-state index in [-0.39, 0.29) is 0 Å². The lowest BCUT2D eigenvalue weighted by Crippen LogP contribution is -2.58. The van der Waals surface area contributed by atoms with Gasteiger partial charge in [-0.05, 0) is 80.4 Å². The molecule has 226 valence electrons. The van der Waals surface area contributed by atoms with Gasteiger partial charge in [0.2, 0.25) is 0 Å². The van der Waals surface area contributed by atoms with Crippen LogP contribution in [0.4, 0.5) is 34.1 Å². The van der Waals surface area contributed by atoms with E-state index in [2.05, 4.69) is 201 Å². The van der Waals surface area contributed by atoms with Crippen molar-refractivity contribution in [1.82, 2.24) is 0 Å². The number of nitrogens with zero attached hydrogens (tertiary/aromatic N) is 2. The Kier molecular flexibility index (Phi) is 7.07. The van der Waals surface area contributed by atoms with Crippen LogP contribution in [0.3, 0.4) is 0 Å². The highest BCUT2D eigenvalue weighted by molar-refractivity contribution is 9.11. The molecule has 2 aliphatic heterocycles. The Morgan fingerprint density at radius 2 is 0.674 bits per heavy atom. The van der Waals surface area contributed by atoms with Crippen LogP contribution >= 0.6 is 31.9 Å². The minimum Gasteiger partial charge on any atom is -0.311 e. The molecule has 8 rings (SSSR count). The van der Waals surface area contributed by atoms with Crippen LogP contribution in [0.2, 0.25) is 26.2 Å². The van der Waals surface area contributed by atoms with E-state index in [1.54, 1.807) is 0 Å². The van der Waals surface area contributed by atoms with Crippen LogP contribution in [0.15, 0.2) is 142 Å². The molecule has 0 saturated heterocycles. The molecule has 6 aromatic carbocycles. The zero-order chi connectivity index (χ0) is 31.8. The SMILES string of the molecule is C[Si]1(C)c2ccccc2N(c2ccc(-c3ccc(N4c5ccccc5[Si](C)(C)c5ccccc54)cc3Br)c(Br)c2)c2ccccc21. The molecule has 0 aliphatic carbocycles. The first-order valence-electron chi connectivity index (χ1n) is 15.8. The van der Waals surface area contributed by atoms with Gasteiger partial charge in [-0.25, -0.2) is 0 Å². The summed E-state index contributed by atoms with van der Waals surface area (Å²) in [5, 5.41) is 5.89. The molecule has 0 atom stereocenters. The third-order valence-electron chi connectivity index (χ3n) is 9.99. The van der Waals surface area contributed by atoms with Crippen LogP contribution in [0.25, 0.3) is 11.1 Å². The van der Waals surface area contributed by atoms with Crippen molar-refractivity contribution in [2.24, 2.45) is 0 Å². The second-order valence-electron chi connectivity index (χ2n) is 13.3. The van der Waals surface area contributed by atoms with Crippen molar-refractivity contribution >= 4 is 103 Å². The molecule has 0 unspecified atom stereocenters. The zero-order valence-electron chi connectivity index (χ0n) is 26.4. The lowest BCUT2D eigenvalue weighted by Gasteiger charge is -2.41. The van der Waals surface area contributed by atoms with Crippen LogP contribution in [0.5, 0.6) is 0 Å². The number of rotatable bonds is 3. The molecule has 6 aromatic rings. The van der Waals surface area contributed by atoms with E-state index in [4.69, 9.17) is 0 Å². The summed E-state index contributed by atoms with van der Waals surface area (Å²) in [6.45, 7) is 9.86. The Hall–Kier alpha value is -3.69. The molecule has 0 spiro atoms. The maximum atomic E-state index is 3.99. The highest BCUT2D eigenvalue weighted by atomic mass is 79.9. The first-order chi connectivity index (χ1) is 22.2. The number of benzene rings is 6. The fourth-order valence-corrected chi connectivity index (χ4v) is 14.8. The summed E-state index contributed by atoms with van der Waals surface area (Å²) >= 11 is 7.99. The summed E-state index contributed by atoms with van der Waals surface area (Å²) in [6, 6.07) is 49.4. The van der Waals surface area contributed by atoms with Crippen LogP contribution in [-0.4, -0.2) is 16.1 Å². The smallest absolute Gasteiger partial charge is 0.117 e. The lowest BCUT2D eigenvalue weighted by atomic mass is 10.0. The Bertz CT molecular complexity index is 1920. The van der Waals surface area contributed by atoms with Crippen LogP contribution < -0.4 is 30.5 Å². The molecular weight excluding hydrogens is 724 g/mol. The number of hydrogen-bond acceptors (Lipinski definition) is 2. The monoisotopic (exact) mass is 756 g/mol. The fourth-order valence-electron chi connectivity index (χ4n) is 7.62. The van der Waals surface area contributed by atoms with E-state index >= 15 is 0 Å². The van der Waals surface area contributed by atoms with E-state index in [1.165, 1.54) is 43.5 Å². The molecule has 0 fully saturated rings. The highest BCUT2D eigenvalue weighted by Gasteiger charge is 2.39. The van der Waals surface area contributed by atoms with E-state index in [9.17, 15) is 0 Å². The van der Waals surface area contributed by atoms with Gasteiger partial charge in [0, 0.05) is 43.1 Å². The number of hydrogen-bond donors (Lipinski definition) is 0. The summed E-state index contributed by atoms with van der Waals surface area (Å²) in [6.07, 6.45) is 0. The maximum Gasteiger partial charge on any atom is 0.117 e. The van der Waals surface area contributed by atoms with E-state index in [1.807, 2.05) is 0 Å². The molecule has 46 heavy (non-hydrogen) atoms. The van der Waals surface area contributed by atoms with Gasteiger partial charge in [0.25, 0.3) is 0 Å². The third kappa shape index (κ3) is 4.45. The second-order valence-corrected chi connectivity index (χ2v) is 23.7. The first-order valence-corrected chi connectivity index (χ1v) is 23.3. The molecular formula is C40H34Br2N2Si2. The van der Waals surface area contributed by atoms with Crippen molar-refractivity contribution in [2.45, 2.75) is 26.2 Å². The first kappa shape index (κ1) is 29.7. The number of halogens is 2. The van der Waals surface area contributed by atoms with Gasteiger partial charge in [-0.15, -0.1) is 0 Å². The Labute approximate surface area is 290 Å². The summed E-state index contributed by atoms with van der Waals surface area (Å²) < 4.78 is 2.13. The summed E-state index contributed by atoms with van der Waals surface area (Å²) in [5.41, 5.74) is 9.77. The topological polar surface area (TPSA) is 6.48 Å². The van der Waals surface area contributed by atoms with Gasteiger partial charge in [0.15, 0.2) is 0 Å². The van der Waals surface area contributed by atoms with Gasteiger partial charge >= 0.3 is 0 Å². The van der Waals surface area contributed by atoms with Crippen LogP contribution in [0.1, 0.15) is 0 Å². The van der Waals surface area contributed by atoms with Crippen LogP contribution in [-0.2, 0) is 0 Å². The van der Waals surface area contributed by atoms with Crippen molar-refractivity contribution < 1.29 is 0 Å². The fraction of sp³-hybridized carbons (Fsp3) is 0.100. The quantitative estimate of drug-likeness (QED) is 0.166. The van der Waals surface area contributed by atoms with Crippen molar-refractivity contribution in [3.8, 4) is 11.1 Å². The molecule has 0 amide bonds. The average Bonchev–Trinajstić information content (AvgIpc) is 3.06. The molecule has 0 aromatic heterocycles. The third-order valence-corrected chi connectivity index (χ3v) is 18.4. The standard InChI is InChI=1S/C40H34Br2N2Si2/c1-45(2)37-17-9-5-13-33(37)43(34-14-6-10-18-38(34)45)27-21-23-29(31(41)25-27)30-24-22-28(26-32(30)42)44-35-15-7-11-19-39(35)46(3,4)40-20-12-8-16-36(40)44/h5-26H,1-4H3. The molecule has 6 heteroatoms. The van der Waals surface area contributed by atoms with Gasteiger partial charge in [-0.3, -0.25) is 0 Å². The lowest BCUT2D eigenvalue weighted by molar-refractivity contribution is 1.28. The molecule has 0 saturated carbocycles. The van der Waals surface area contributed by atoms with E-state index in [0.29, 0.717) is 0 Å². The normalized spacial score (nSPS) is 15.4. The van der Waals surface area contributed by atoms with Crippen molar-refractivity contribution in [1.29, 1.82) is 0 Å². The van der Waals surface area contributed by atoms with E-state index in [0.717, 1.165) is 31.4 Å². The highest BCUT2D eigenvalue weighted by Crippen LogP contribution is 2.44. The van der Waals surface area contributed by atoms with Gasteiger partial charge in [-0.2, -0.15) is 0 Å². The Morgan fingerprint density at radius 3 is 0.957 bits per heavy atom. The van der Waals surface area contributed by atoms with Crippen molar-refractivity contribution in [3.05, 3.63) is 142 Å². The predicted octanol–water partition coefficient (Wildman–Crippen LogP) is 10.1. The Morgan fingerprint density at radius 1 is 0.391 bits per heavy atom. The van der Waals surface area contributed by atoms with Gasteiger partial charge in [0.1, 0.15) is 16.1 Å². The minimum absolute atomic E-state index is 1.07. The molecule has 2 aliphatic rings. The van der Waals surface area contributed by atoms with Gasteiger partial charge < -0.3 is 9.80 Å². The predicted molar refractivity (Wildman–Crippen MR) is 210 cm³/mol. The van der Waals surface area contributed by atoms with E-state index < -0.39 is 16.1 Å². The molecule has 0 N–H and O–H groups in total. The maximum absolute atomic E-state index is 3.99. The van der Waals surface area contributed by atoms with Gasteiger partial charge in [0.05, 0.1) is 0 Å². The van der Waals surface area contributed by atoms with Crippen molar-refractivity contribution in [2.75, 3.05) is 9.80 Å². The number of para-hydroxylation sites is 4. The number of anilines is 6. The molecule has 2 heterocycles. The summed E-state index contributed by atoms with van der Waals surface area (Å²) in [5.74, 6) is 0. The molecule has 2 nitrogen and oxygen atoms in total. The Balaban J connectivity index is 1.20. The summed E-state index contributed by atoms with van der Waals surface area (Å²) in [7, 11) is -3.65. The minimum atomic E-state index is -1.82. The largest absolute Gasteiger partial charge is 0.311 e. The zero-order valence-corrected chi connectivity index (χ0v) is 31.5.